The van der Waals surface area contributed by atoms with E-state index >= 15 is 0 Å². The second-order valence-electron chi connectivity index (χ2n) is 6.09. The summed E-state index contributed by atoms with van der Waals surface area (Å²) in [6.07, 6.45) is 3.14. The molecule has 1 N–H and O–H groups in total. The summed E-state index contributed by atoms with van der Waals surface area (Å²) in [5, 5.41) is 9.64. The first kappa shape index (κ1) is 13.1. The van der Waals surface area contributed by atoms with Crippen molar-refractivity contribution in [1.29, 1.82) is 5.26 Å². The van der Waals surface area contributed by atoms with Crippen molar-refractivity contribution in [2.45, 2.75) is 32.2 Å². The van der Waals surface area contributed by atoms with Crippen LogP contribution in [0.3, 0.4) is 0 Å². The molecule has 4 nitrogen and oxygen atoms in total. The lowest BCUT2D eigenvalue weighted by molar-refractivity contribution is 0.0749. The van der Waals surface area contributed by atoms with Crippen LogP contribution in [0.1, 0.15) is 36.7 Å². The molecular weight excluding hydrogens is 248 g/mol. The molecule has 0 bridgehead atoms. The van der Waals surface area contributed by atoms with Gasteiger partial charge >= 0.3 is 0 Å². The number of fused-ring (bicyclic) bond motifs is 1. The van der Waals surface area contributed by atoms with E-state index in [0.717, 1.165) is 36.1 Å². The highest BCUT2D eigenvalue weighted by Gasteiger charge is 2.46. The van der Waals surface area contributed by atoms with Gasteiger partial charge in [-0.1, -0.05) is 12.5 Å². The zero-order valence-corrected chi connectivity index (χ0v) is 12.3. The number of benzene rings is 1. The van der Waals surface area contributed by atoms with Gasteiger partial charge in [0.1, 0.15) is 5.82 Å². The number of H-pyrrole nitrogens is 1. The molecule has 2 aromatic rings. The van der Waals surface area contributed by atoms with Crippen LogP contribution in [0.5, 0.6) is 0 Å². The predicted molar refractivity (Wildman–Crippen MR) is 79.2 cm³/mol. The molecule has 20 heavy (non-hydrogen) atoms. The molecule has 0 spiro atoms. The first-order valence-electron chi connectivity index (χ1n) is 7.10. The number of aryl methyl sites for hydroxylation is 1. The predicted octanol–water partition coefficient (Wildman–Crippen LogP) is 3.17. The number of aromatic nitrogens is 2. The number of rotatable bonds is 3. The Balaban J connectivity index is 2.07. The molecule has 1 aliphatic rings. The van der Waals surface area contributed by atoms with E-state index in [2.05, 4.69) is 53.2 Å². The molecule has 1 saturated carbocycles. The Bertz CT molecular complexity index is 673. The van der Waals surface area contributed by atoms with Crippen LogP contribution in [0.4, 0.5) is 0 Å². The lowest BCUT2D eigenvalue weighted by Gasteiger charge is -2.45. The van der Waals surface area contributed by atoms with Gasteiger partial charge in [-0.05, 0) is 51.6 Å². The third kappa shape index (κ3) is 1.90. The first-order valence-corrected chi connectivity index (χ1v) is 7.10. The lowest BCUT2D eigenvalue weighted by atomic mass is 9.63. The van der Waals surface area contributed by atoms with Gasteiger partial charge in [-0.25, -0.2) is 4.98 Å². The van der Waals surface area contributed by atoms with Crippen molar-refractivity contribution in [3.63, 3.8) is 0 Å². The fraction of sp³-hybridized carbons (Fsp3) is 0.500. The normalized spacial score (nSPS) is 18.8. The minimum atomic E-state index is -0.230. The molecule has 1 heterocycles. The summed E-state index contributed by atoms with van der Waals surface area (Å²) in [4.78, 5) is 9.90. The molecule has 1 aliphatic carbocycles. The molecule has 0 radical (unpaired) electrons. The summed E-state index contributed by atoms with van der Waals surface area (Å²) >= 11 is 0. The van der Waals surface area contributed by atoms with Crippen molar-refractivity contribution in [3.05, 3.63) is 29.6 Å². The summed E-state index contributed by atoms with van der Waals surface area (Å²) < 4.78 is 0. The van der Waals surface area contributed by atoms with Crippen molar-refractivity contribution in [3.8, 4) is 6.07 Å². The number of nitrogens with one attached hydrogen (secondary N) is 1. The zero-order chi connectivity index (χ0) is 14.3. The molecule has 1 aromatic heterocycles. The molecule has 104 valence electrons. The fourth-order valence-corrected chi connectivity index (χ4v) is 3.44. The second kappa shape index (κ2) is 4.60. The average Bonchev–Trinajstić information content (AvgIpc) is 2.72. The Morgan fingerprint density at radius 1 is 1.40 bits per heavy atom. The molecule has 1 unspecified atom stereocenters. The van der Waals surface area contributed by atoms with E-state index in [4.69, 9.17) is 0 Å². The number of nitriles is 1. The van der Waals surface area contributed by atoms with Gasteiger partial charge in [0.15, 0.2) is 0 Å². The number of hydrogen-bond donors (Lipinski definition) is 1. The maximum Gasteiger partial charge on any atom is 0.104 e. The van der Waals surface area contributed by atoms with Crippen LogP contribution >= 0.6 is 0 Å². The summed E-state index contributed by atoms with van der Waals surface area (Å²) in [7, 11) is 4.12. The van der Waals surface area contributed by atoms with Crippen LogP contribution in [0.25, 0.3) is 11.0 Å². The maximum absolute atomic E-state index is 9.64. The fourth-order valence-electron chi connectivity index (χ4n) is 3.44. The third-order valence-corrected chi connectivity index (χ3v) is 4.45. The van der Waals surface area contributed by atoms with E-state index in [-0.39, 0.29) is 11.5 Å². The van der Waals surface area contributed by atoms with Gasteiger partial charge in [-0.15, -0.1) is 0 Å². The van der Waals surface area contributed by atoms with Crippen LogP contribution in [-0.4, -0.2) is 29.0 Å². The van der Waals surface area contributed by atoms with Gasteiger partial charge in [0, 0.05) is 0 Å². The van der Waals surface area contributed by atoms with Crippen molar-refractivity contribution >= 4 is 11.0 Å². The minimum Gasteiger partial charge on any atom is -0.342 e. The van der Waals surface area contributed by atoms with Crippen molar-refractivity contribution < 1.29 is 0 Å². The molecule has 0 aliphatic heterocycles. The first-order chi connectivity index (χ1) is 9.55. The van der Waals surface area contributed by atoms with Gasteiger partial charge in [0.2, 0.25) is 0 Å². The summed E-state index contributed by atoms with van der Waals surface area (Å²) in [6, 6.07) is 9.04. The summed E-state index contributed by atoms with van der Waals surface area (Å²) in [5.74, 6) is 0.928. The molecule has 0 amide bonds. The molecule has 1 atom stereocenters. The summed E-state index contributed by atoms with van der Waals surface area (Å²) in [5.41, 5.74) is 3.02. The highest BCUT2D eigenvalue weighted by molar-refractivity contribution is 5.76. The Morgan fingerprint density at radius 2 is 2.15 bits per heavy atom. The Kier molecular flexibility index (Phi) is 3.02. The van der Waals surface area contributed by atoms with E-state index in [9.17, 15) is 5.26 Å². The molecular formula is C16H20N4. The van der Waals surface area contributed by atoms with Crippen LogP contribution in [0.15, 0.2) is 18.2 Å². The Morgan fingerprint density at radius 3 is 2.70 bits per heavy atom. The molecule has 1 aromatic carbocycles. The van der Waals surface area contributed by atoms with Crippen LogP contribution in [-0.2, 0) is 0 Å². The minimum absolute atomic E-state index is 0.147. The number of aromatic amines is 1. The van der Waals surface area contributed by atoms with Gasteiger partial charge in [0.05, 0.1) is 28.6 Å². The highest BCUT2D eigenvalue weighted by atomic mass is 15.1. The van der Waals surface area contributed by atoms with E-state index in [0.29, 0.717) is 0 Å². The zero-order valence-electron chi connectivity index (χ0n) is 12.3. The van der Waals surface area contributed by atoms with Gasteiger partial charge in [-0.2, -0.15) is 5.26 Å². The monoisotopic (exact) mass is 268 g/mol. The van der Waals surface area contributed by atoms with E-state index in [1.54, 1.807) is 0 Å². The van der Waals surface area contributed by atoms with Gasteiger partial charge in [0.25, 0.3) is 0 Å². The smallest absolute Gasteiger partial charge is 0.104 e. The number of hydrogen-bond acceptors (Lipinski definition) is 3. The molecule has 0 saturated heterocycles. The Labute approximate surface area is 119 Å². The van der Waals surface area contributed by atoms with Crippen molar-refractivity contribution in [2.75, 3.05) is 14.1 Å². The van der Waals surface area contributed by atoms with Gasteiger partial charge < -0.3 is 9.88 Å². The van der Waals surface area contributed by atoms with Crippen LogP contribution < -0.4 is 0 Å². The molecule has 3 rings (SSSR count). The Hall–Kier alpha value is -1.86. The van der Waals surface area contributed by atoms with E-state index in [1.165, 1.54) is 5.56 Å². The van der Waals surface area contributed by atoms with E-state index < -0.39 is 0 Å². The average molecular weight is 268 g/mol. The number of imidazole rings is 1. The van der Waals surface area contributed by atoms with Crippen molar-refractivity contribution in [1.82, 2.24) is 14.9 Å². The molecule has 4 heteroatoms. The molecule has 1 fully saturated rings. The SMILES string of the molecule is Cc1nc2ccc(C(N(C)C)C3(C#N)CCC3)cc2[nH]1. The third-order valence-electron chi connectivity index (χ3n) is 4.45. The highest BCUT2D eigenvalue weighted by Crippen LogP contribution is 2.51. The number of nitrogens with zero attached hydrogens (tertiary/aromatic N) is 3. The quantitative estimate of drug-likeness (QED) is 0.930. The van der Waals surface area contributed by atoms with Crippen LogP contribution in [0.2, 0.25) is 0 Å². The lowest BCUT2D eigenvalue weighted by Crippen LogP contribution is -2.41. The van der Waals surface area contributed by atoms with E-state index in [1.807, 2.05) is 6.92 Å². The summed E-state index contributed by atoms with van der Waals surface area (Å²) in [6.45, 7) is 1.96. The second-order valence-corrected chi connectivity index (χ2v) is 6.09. The van der Waals surface area contributed by atoms with Crippen LogP contribution in [0, 0.1) is 23.7 Å². The maximum atomic E-state index is 9.64. The standard InChI is InChI=1S/C16H20N4/c1-11-18-13-6-5-12(9-14(13)19-11)15(20(2)3)16(10-17)7-4-8-16/h5-6,9,15H,4,7-8H2,1-3H3,(H,18,19). The largest absolute Gasteiger partial charge is 0.342 e. The topological polar surface area (TPSA) is 55.7 Å². The van der Waals surface area contributed by atoms with Crippen molar-refractivity contribution in [2.24, 2.45) is 5.41 Å². The van der Waals surface area contributed by atoms with Gasteiger partial charge in [-0.3, -0.25) is 0 Å².